The summed E-state index contributed by atoms with van der Waals surface area (Å²) < 4.78 is 5.38. The Balaban J connectivity index is 1.32. The number of halogens is 1. The molecule has 0 aromatic heterocycles. The molecule has 2 bridgehead atoms. The summed E-state index contributed by atoms with van der Waals surface area (Å²) in [5.74, 6) is 0.169. The number of likely N-dealkylation sites (tertiary alicyclic amines) is 1. The molecule has 5 nitrogen and oxygen atoms in total. The van der Waals surface area contributed by atoms with E-state index in [1.807, 2.05) is 13.8 Å². The fourth-order valence-electron chi connectivity index (χ4n) is 5.43. The number of hydrogen-bond donors (Lipinski definition) is 0. The second kappa shape index (κ2) is 5.68. The van der Waals surface area contributed by atoms with Crippen molar-refractivity contribution in [2.24, 2.45) is 35.5 Å². The number of amides is 2. The van der Waals surface area contributed by atoms with E-state index < -0.39 is 5.97 Å². The zero-order valence-electron chi connectivity index (χ0n) is 15.1. The zero-order chi connectivity index (χ0) is 19.0. The van der Waals surface area contributed by atoms with Crippen molar-refractivity contribution < 1.29 is 19.1 Å². The number of benzene rings is 1. The van der Waals surface area contributed by atoms with Crippen LogP contribution in [0.2, 0.25) is 5.02 Å². The Bertz CT molecular complexity index is 864. The van der Waals surface area contributed by atoms with Crippen LogP contribution < -0.4 is 4.74 Å². The molecule has 3 fully saturated rings. The molecule has 1 aliphatic heterocycles. The summed E-state index contributed by atoms with van der Waals surface area (Å²) in [7, 11) is 0. The van der Waals surface area contributed by atoms with Gasteiger partial charge in [-0.1, -0.05) is 23.8 Å². The lowest BCUT2D eigenvalue weighted by molar-refractivity contribution is -0.148. The van der Waals surface area contributed by atoms with E-state index in [-0.39, 0.29) is 42.0 Å². The minimum atomic E-state index is -0.609. The first-order chi connectivity index (χ1) is 12.9. The monoisotopic (exact) mass is 385 g/mol. The van der Waals surface area contributed by atoms with Crippen molar-refractivity contribution in [2.75, 3.05) is 6.54 Å². The first-order valence-corrected chi connectivity index (χ1v) is 9.75. The average Bonchev–Trinajstić information content (AvgIpc) is 3.41. The van der Waals surface area contributed by atoms with Gasteiger partial charge in [0.05, 0.1) is 11.8 Å². The average molecular weight is 386 g/mol. The highest BCUT2D eigenvalue weighted by molar-refractivity contribution is 6.32. The van der Waals surface area contributed by atoms with Gasteiger partial charge in [-0.3, -0.25) is 14.5 Å². The van der Waals surface area contributed by atoms with E-state index in [9.17, 15) is 14.4 Å². The Morgan fingerprint density at radius 1 is 1.07 bits per heavy atom. The second-order valence-corrected chi connectivity index (χ2v) is 8.64. The molecule has 0 unspecified atom stereocenters. The summed E-state index contributed by atoms with van der Waals surface area (Å²) in [4.78, 5) is 39.3. The molecule has 6 rings (SSSR count). The number of esters is 1. The van der Waals surface area contributed by atoms with E-state index in [0.717, 1.165) is 22.4 Å². The van der Waals surface area contributed by atoms with E-state index in [1.165, 1.54) is 0 Å². The molecule has 5 aliphatic rings. The van der Waals surface area contributed by atoms with E-state index in [1.54, 1.807) is 12.1 Å². The first-order valence-electron chi connectivity index (χ1n) is 9.38. The lowest BCUT2D eigenvalue weighted by Crippen LogP contribution is -2.40. The molecule has 140 valence electrons. The standard InChI is InChI=1S/C21H20ClNO4/c1-9-5-11(6-10(2)19(9)22)27-16(24)8-23-20(25)17-12-3-4-13(15-7-14(12)15)18(17)21(23)26/h3-6,12-15,17-18H,7-8H2,1-2H3/t12-,13-,14-,15-,17-,18+/m1/s1. The van der Waals surface area contributed by atoms with Gasteiger partial charge in [-0.25, -0.2) is 4.79 Å². The fourth-order valence-corrected chi connectivity index (χ4v) is 5.54. The molecule has 2 saturated carbocycles. The molecule has 4 aliphatic carbocycles. The minimum absolute atomic E-state index is 0.157. The van der Waals surface area contributed by atoms with Crippen molar-refractivity contribution in [3.05, 3.63) is 40.4 Å². The maximum absolute atomic E-state index is 12.9. The van der Waals surface area contributed by atoms with Gasteiger partial charge in [-0.05, 0) is 67.2 Å². The van der Waals surface area contributed by atoms with Gasteiger partial charge in [0, 0.05) is 5.02 Å². The quantitative estimate of drug-likeness (QED) is 0.347. The smallest absolute Gasteiger partial charge is 0.331 e. The Kier molecular flexibility index (Phi) is 3.57. The highest BCUT2D eigenvalue weighted by Gasteiger charge is 2.67. The Morgan fingerprint density at radius 3 is 2.11 bits per heavy atom. The molecule has 0 N–H and O–H groups in total. The van der Waals surface area contributed by atoms with E-state index in [4.69, 9.17) is 16.3 Å². The summed E-state index contributed by atoms with van der Waals surface area (Å²) in [5.41, 5.74) is 1.61. The van der Waals surface area contributed by atoms with Crippen LogP contribution in [0.4, 0.5) is 0 Å². The lowest BCUT2D eigenvalue weighted by atomic mass is 9.63. The van der Waals surface area contributed by atoms with Crippen molar-refractivity contribution in [3.63, 3.8) is 0 Å². The van der Waals surface area contributed by atoms with Crippen LogP contribution in [0.15, 0.2) is 24.3 Å². The zero-order valence-corrected chi connectivity index (χ0v) is 15.9. The summed E-state index contributed by atoms with van der Waals surface area (Å²) >= 11 is 6.14. The van der Waals surface area contributed by atoms with Gasteiger partial charge in [-0.15, -0.1) is 0 Å². The number of allylic oxidation sites excluding steroid dienone is 2. The topological polar surface area (TPSA) is 63.7 Å². The van der Waals surface area contributed by atoms with E-state index in [2.05, 4.69) is 12.2 Å². The van der Waals surface area contributed by atoms with Crippen LogP contribution in [0.5, 0.6) is 5.75 Å². The second-order valence-electron chi connectivity index (χ2n) is 8.26. The normalized spacial score (nSPS) is 35.3. The van der Waals surface area contributed by atoms with Gasteiger partial charge >= 0.3 is 5.97 Å². The molecule has 1 saturated heterocycles. The van der Waals surface area contributed by atoms with Gasteiger partial charge in [0.25, 0.3) is 0 Å². The summed E-state index contributed by atoms with van der Waals surface area (Å²) in [5, 5.41) is 0.630. The molecule has 27 heavy (non-hydrogen) atoms. The van der Waals surface area contributed by atoms with Gasteiger partial charge in [0.15, 0.2) is 0 Å². The van der Waals surface area contributed by atoms with Gasteiger partial charge in [0.1, 0.15) is 12.3 Å². The molecular weight excluding hydrogens is 366 g/mol. The van der Waals surface area contributed by atoms with Crippen molar-refractivity contribution in [2.45, 2.75) is 20.3 Å². The van der Waals surface area contributed by atoms with Crippen molar-refractivity contribution in [1.29, 1.82) is 0 Å². The van der Waals surface area contributed by atoms with Gasteiger partial charge in [0.2, 0.25) is 11.8 Å². The summed E-state index contributed by atoms with van der Waals surface area (Å²) in [6.07, 6.45) is 5.35. The first kappa shape index (κ1) is 17.0. The number of rotatable bonds is 3. The van der Waals surface area contributed by atoms with Crippen LogP contribution in [0, 0.1) is 49.4 Å². The fraction of sp³-hybridized carbons (Fsp3) is 0.476. The molecule has 6 heteroatoms. The number of hydrogen-bond acceptors (Lipinski definition) is 4. The molecule has 1 aromatic carbocycles. The summed E-state index contributed by atoms with van der Waals surface area (Å²) in [6.45, 7) is 3.33. The van der Waals surface area contributed by atoms with Crippen LogP contribution in [-0.4, -0.2) is 29.2 Å². The molecule has 0 spiro atoms. The number of aryl methyl sites for hydroxylation is 2. The molecule has 2 amide bonds. The minimum Gasteiger partial charge on any atom is -0.425 e. The predicted molar refractivity (Wildman–Crippen MR) is 98.0 cm³/mol. The number of imide groups is 1. The van der Waals surface area contributed by atoms with Crippen molar-refractivity contribution >= 4 is 29.4 Å². The molecule has 6 atom stereocenters. The van der Waals surface area contributed by atoms with Crippen molar-refractivity contribution in [3.8, 4) is 5.75 Å². The van der Waals surface area contributed by atoms with Gasteiger partial charge in [-0.2, -0.15) is 0 Å². The Labute approximate surface area is 162 Å². The largest absolute Gasteiger partial charge is 0.425 e. The highest BCUT2D eigenvalue weighted by atomic mass is 35.5. The SMILES string of the molecule is Cc1cc(OC(=O)CN2C(=O)[C@@H]3[C@@H]4C=C[C@H]([C@H]5C[C@H]45)[C@@H]3C2=O)cc(C)c1Cl. The van der Waals surface area contributed by atoms with Crippen LogP contribution >= 0.6 is 11.6 Å². The number of ether oxygens (including phenoxy) is 1. The Morgan fingerprint density at radius 2 is 1.59 bits per heavy atom. The molecule has 1 heterocycles. The number of carbonyl (C=O) groups is 3. The van der Waals surface area contributed by atoms with E-state index in [0.29, 0.717) is 22.6 Å². The van der Waals surface area contributed by atoms with Crippen LogP contribution in [0.25, 0.3) is 0 Å². The summed E-state index contributed by atoms with van der Waals surface area (Å²) in [6, 6.07) is 3.36. The third kappa shape index (κ3) is 2.40. The lowest BCUT2D eigenvalue weighted by Gasteiger charge is -2.37. The third-order valence-corrected chi connectivity index (χ3v) is 7.28. The van der Waals surface area contributed by atoms with Crippen LogP contribution in [0.3, 0.4) is 0 Å². The van der Waals surface area contributed by atoms with Crippen LogP contribution in [-0.2, 0) is 14.4 Å². The van der Waals surface area contributed by atoms with Crippen molar-refractivity contribution in [1.82, 2.24) is 4.90 Å². The third-order valence-electron chi connectivity index (χ3n) is 6.68. The highest BCUT2D eigenvalue weighted by Crippen LogP contribution is 2.65. The molecule has 1 aromatic rings. The Hall–Kier alpha value is -2.14. The predicted octanol–water partition coefficient (Wildman–Crippen LogP) is 2.92. The number of nitrogens with zero attached hydrogens (tertiary/aromatic N) is 1. The maximum Gasteiger partial charge on any atom is 0.331 e. The molecule has 0 radical (unpaired) electrons. The van der Waals surface area contributed by atoms with Gasteiger partial charge < -0.3 is 4.74 Å². The van der Waals surface area contributed by atoms with Crippen LogP contribution in [0.1, 0.15) is 17.5 Å². The number of carbonyl (C=O) groups excluding carboxylic acids is 3. The maximum atomic E-state index is 12.9. The van der Waals surface area contributed by atoms with E-state index >= 15 is 0 Å². The molecular formula is C21H20ClNO4.